The molecule has 0 aromatic heterocycles. The van der Waals surface area contributed by atoms with Gasteiger partial charge in [-0.3, -0.25) is 9.59 Å². The third kappa shape index (κ3) is 5.82. The Morgan fingerprint density at radius 2 is 0.739 bits per heavy atom. The standard InChI is InChI=1S/C40H42O2S4/c1-19-11-27-28(12-20(19)2)32(14-22(4)44)36-35(31(27)13-21(3)43)39(41)37-33(15-23(5)45)29-17-25-9-7-8-10-26(25)18-30(29)34(16-24(6)46)38(37)40(36)42/h7-12,17-18,21-24,43-46H,13-16H2,1-6H3. The number of benzene rings is 5. The lowest BCUT2D eigenvalue weighted by Gasteiger charge is -2.31. The van der Waals surface area contributed by atoms with Gasteiger partial charge in [0.15, 0.2) is 11.6 Å². The molecule has 0 saturated carbocycles. The van der Waals surface area contributed by atoms with Crippen LogP contribution in [-0.2, 0) is 25.7 Å². The number of carbonyl (C=O) groups excluding carboxylic acids is 2. The fourth-order valence-electron chi connectivity index (χ4n) is 7.48. The van der Waals surface area contributed by atoms with Gasteiger partial charge in [0.2, 0.25) is 0 Å². The third-order valence-corrected chi connectivity index (χ3v) is 10.2. The minimum absolute atomic E-state index is 0.00615. The molecule has 4 unspecified atom stereocenters. The lowest BCUT2D eigenvalue weighted by atomic mass is 9.71. The Labute approximate surface area is 294 Å². The van der Waals surface area contributed by atoms with Crippen LogP contribution in [0, 0.1) is 13.8 Å². The summed E-state index contributed by atoms with van der Waals surface area (Å²) in [4.78, 5) is 30.8. The molecule has 5 aromatic rings. The molecule has 0 N–H and O–H groups in total. The van der Waals surface area contributed by atoms with Gasteiger partial charge in [0.05, 0.1) is 0 Å². The van der Waals surface area contributed by atoms with Crippen LogP contribution in [0.25, 0.3) is 32.3 Å². The number of thiol groups is 4. The van der Waals surface area contributed by atoms with E-state index < -0.39 is 0 Å². The molecule has 0 spiro atoms. The SMILES string of the molecule is Cc1cc2c(CC(C)S)c3c(c(CC(C)S)c2cc1C)C(=O)c1c(c(CC(C)S)c2cc4ccccc4cc2c1CC(C)S)C3=O. The Morgan fingerprint density at radius 3 is 1.00 bits per heavy atom. The summed E-state index contributed by atoms with van der Waals surface area (Å²) in [7, 11) is 0. The van der Waals surface area contributed by atoms with E-state index in [4.69, 9.17) is 50.5 Å². The first-order valence-electron chi connectivity index (χ1n) is 16.2. The van der Waals surface area contributed by atoms with Gasteiger partial charge in [-0.1, -0.05) is 64.1 Å². The maximum absolute atomic E-state index is 15.4. The summed E-state index contributed by atoms with van der Waals surface area (Å²) < 4.78 is 0. The molecule has 5 aromatic carbocycles. The van der Waals surface area contributed by atoms with Crippen LogP contribution >= 0.6 is 50.5 Å². The maximum atomic E-state index is 15.4. The van der Waals surface area contributed by atoms with Crippen molar-refractivity contribution < 1.29 is 9.59 Å². The quantitative estimate of drug-likeness (QED) is 0.0953. The van der Waals surface area contributed by atoms with Crippen LogP contribution in [0.4, 0.5) is 0 Å². The fraction of sp³-hybridized carbons (Fsp3) is 0.350. The summed E-state index contributed by atoms with van der Waals surface area (Å²) in [6, 6.07) is 17.1. The van der Waals surface area contributed by atoms with Crippen LogP contribution in [0.3, 0.4) is 0 Å². The zero-order chi connectivity index (χ0) is 33.2. The van der Waals surface area contributed by atoms with Crippen molar-refractivity contribution in [1.29, 1.82) is 0 Å². The van der Waals surface area contributed by atoms with Crippen molar-refractivity contribution in [3.8, 4) is 0 Å². The number of hydrogen-bond acceptors (Lipinski definition) is 6. The topological polar surface area (TPSA) is 34.1 Å². The highest BCUT2D eigenvalue weighted by atomic mass is 32.1. The van der Waals surface area contributed by atoms with Crippen molar-refractivity contribution in [3.63, 3.8) is 0 Å². The van der Waals surface area contributed by atoms with Gasteiger partial charge in [-0.2, -0.15) is 50.5 Å². The second-order valence-electron chi connectivity index (χ2n) is 13.5. The van der Waals surface area contributed by atoms with Crippen LogP contribution in [0.1, 0.15) is 92.9 Å². The van der Waals surface area contributed by atoms with E-state index >= 15 is 9.59 Å². The summed E-state index contributed by atoms with van der Waals surface area (Å²) in [5, 5.41) is 6.29. The Kier molecular flexibility index (Phi) is 9.41. The molecule has 1 aliphatic carbocycles. The number of hydrogen-bond donors (Lipinski definition) is 4. The zero-order valence-electron chi connectivity index (χ0n) is 27.4. The van der Waals surface area contributed by atoms with E-state index in [-0.39, 0.29) is 32.6 Å². The Morgan fingerprint density at radius 1 is 0.478 bits per heavy atom. The van der Waals surface area contributed by atoms with E-state index in [9.17, 15) is 0 Å². The lowest BCUT2D eigenvalue weighted by molar-refractivity contribution is 0.0976. The number of carbonyl (C=O) groups is 2. The molecule has 238 valence electrons. The minimum atomic E-state index is -0.0612. The second kappa shape index (κ2) is 12.9. The summed E-state index contributed by atoms with van der Waals surface area (Å²) in [6.45, 7) is 12.4. The Hall–Kier alpha value is -2.38. The summed E-state index contributed by atoms with van der Waals surface area (Å²) in [6.07, 6.45) is 2.28. The molecule has 0 heterocycles. The van der Waals surface area contributed by atoms with Gasteiger partial charge in [0.25, 0.3) is 0 Å². The van der Waals surface area contributed by atoms with Crippen molar-refractivity contribution in [2.75, 3.05) is 0 Å². The number of ketones is 2. The maximum Gasteiger partial charge on any atom is 0.195 e. The third-order valence-electron chi connectivity index (χ3n) is 9.43. The molecular formula is C40H42O2S4. The van der Waals surface area contributed by atoms with Crippen molar-refractivity contribution in [3.05, 3.63) is 104 Å². The van der Waals surface area contributed by atoms with E-state index in [0.29, 0.717) is 47.9 Å². The average Bonchev–Trinajstić information content (AvgIpc) is 2.97. The van der Waals surface area contributed by atoms with Gasteiger partial charge < -0.3 is 0 Å². The molecule has 0 amide bonds. The first-order chi connectivity index (χ1) is 21.8. The van der Waals surface area contributed by atoms with Gasteiger partial charge in [-0.05, 0) is 117 Å². The van der Waals surface area contributed by atoms with Crippen LogP contribution in [0.15, 0.2) is 48.5 Å². The number of fused-ring (bicyclic) bond motifs is 5. The summed E-state index contributed by atoms with van der Waals surface area (Å²) in [5.74, 6) is -0.122. The first kappa shape index (κ1) is 33.5. The monoisotopic (exact) mass is 682 g/mol. The molecule has 0 radical (unpaired) electrons. The van der Waals surface area contributed by atoms with Gasteiger partial charge in [0, 0.05) is 43.3 Å². The molecule has 0 saturated heterocycles. The highest BCUT2D eigenvalue weighted by molar-refractivity contribution is 7.81. The molecule has 2 nitrogen and oxygen atoms in total. The Balaban J connectivity index is 1.84. The van der Waals surface area contributed by atoms with Gasteiger partial charge in [-0.25, -0.2) is 0 Å². The molecular weight excluding hydrogens is 641 g/mol. The van der Waals surface area contributed by atoms with Gasteiger partial charge in [-0.15, -0.1) is 0 Å². The second-order valence-corrected chi connectivity index (χ2v) is 17.0. The number of aryl methyl sites for hydroxylation is 2. The zero-order valence-corrected chi connectivity index (χ0v) is 30.9. The molecule has 4 atom stereocenters. The van der Waals surface area contributed by atoms with Gasteiger partial charge >= 0.3 is 0 Å². The molecule has 6 heteroatoms. The van der Waals surface area contributed by atoms with E-state index in [0.717, 1.165) is 65.7 Å². The van der Waals surface area contributed by atoms with Crippen LogP contribution in [0.5, 0.6) is 0 Å². The average molecular weight is 683 g/mol. The highest BCUT2D eigenvalue weighted by Gasteiger charge is 2.40. The lowest BCUT2D eigenvalue weighted by Crippen LogP contribution is -2.30. The first-order valence-corrected chi connectivity index (χ1v) is 18.2. The fourth-order valence-corrected chi connectivity index (χ4v) is 8.21. The molecule has 1 aliphatic rings. The predicted octanol–water partition coefficient (Wildman–Crippen LogP) is 9.98. The highest BCUT2D eigenvalue weighted by Crippen LogP contribution is 2.45. The van der Waals surface area contributed by atoms with Crippen molar-refractivity contribution in [1.82, 2.24) is 0 Å². The largest absolute Gasteiger partial charge is 0.289 e. The smallest absolute Gasteiger partial charge is 0.195 e. The molecule has 46 heavy (non-hydrogen) atoms. The predicted molar refractivity (Wildman–Crippen MR) is 210 cm³/mol. The van der Waals surface area contributed by atoms with Crippen LogP contribution < -0.4 is 0 Å². The van der Waals surface area contributed by atoms with Crippen molar-refractivity contribution in [2.24, 2.45) is 0 Å². The molecule has 6 rings (SSSR count). The summed E-state index contributed by atoms with van der Waals surface area (Å²) >= 11 is 19.3. The van der Waals surface area contributed by atoms with Crippen LogP contribution in [-0.4, -0.2) is 32.6 Å². The van der Waals surface area contributed by atoms with Crippen molar-refractivity contribution >= 4 is 94.4 Å². The Bertz CT molecular complexity index is 1920. The van der Waals surface area contributed by atoms with Crippen molar-refractivity contribution in [2.45, 2.75) is 88.2 Å². The normalized spacial score (nSPS) is 15.7. The molecule has 0 aliphatic heterocycles. The van der Waals surface area contributed by atoms with E-state index in [2.05, 4.69) is 50.2 Å². The summed E-state index contributed by atoms with van der Waals surface area (Å²) in [5.41, 5.74) is 8.18. The van der Waals surface area contributed by atoms with E-state index in [1.807, 2.05) is 39.8 Å². The minimum Gasteiger partial charge on any atom is -0.289 e. The molecule has 0 bridgehead atoms. The van der Waals surface area contributed by atoms with E-state index in [1.165, 1.54) is 0 Å². The van der Waals surface area contributed by atoms with Crippen LogP contribution in [0.2, 0.25) is 0 Å². The molecule has 0 fully saturated rings. The van der Waals surface area contributed by atoms with Gasteiger partial charge in [0.1, 0.15) is 0 Å². The van der Waals surface area contributed by atoms with E-state index in [1.54, 1.807) is 0 Å². The number of rotatable bonds is 8.